The molecule has 5 N–H and O–H groups in total. The maximum absolute atomic E-state index is 14.6. The highest BCUT2D eigenvalue weighted by Crippen LogP contribution is 2.39. The van der Waals surface area contributed by atoms with Crippen molar-refractivity contribution in [2.24, 2.45) is 5.92 Å². The van der Waals surface area contributed by atoms with Crippen molar-refractivity contribution in [2.45, 2.75) is 133 Å². The van der Waals surface area contributed by atoms with Gasteiger partial charge in [0, 0.05) is 67.5 Å². The second-order valence-corrected chi connectivity index (χ2v) is 23.6. The van der Waals surface area contributed by atoms with Crippen LogP contribution in [0.3, 0.4) is 0 Å². The van der Waals surface area contributed by atoms with Gasteiger partial charge in [-0.2, -0.15) is 5.10 Å². The largest absolute Gasteiger partial charge is 0.492 e. The molecule has 384 valence electrons. The molecule has 3 aromatic heterocycles. The maximum atomic E-state index is 14.6. The predicted octanol–water partition coefficient (Wildman–Crippen LogP) is 5.34. The first-order chi connectivity index (χ1) is 34.5. The van der Waals surface area contributed by atoms with Crippen molar-refractivity contribution in [1.29, 1.82) is 0 Å². The fourth-order valence-corrected chi connectivity index (χ4v) is 11.7. The number of sulfone groups is 1. The van der Waals surface area contributed by atoms with Gasteiger partial charge in [0.2, 0.25) is 11.8 Å². The first-order valence-electron chi connectivity index (χ1n) is 25.4. The Morgan fingerprint density at radius 3 is 2.44 bits per heavy atom. The summed E-state index contributed by atoms with van der Waals surface area (Å²) in [5.74, 6) is 1.47. The SMILES string of the molecule is CN[C@@H](C)CN[C@H]1CN(C(=O)c2cnc(N3CCC(COc4cc5ncnc(Nc6n[nH]c(C)c6C)c5cc4S(=O)(=O)C(C)(C)C)CC3)cn2)CC[C@H]2CC[C@@H](C(=O)N[C@@H]3CCCc4ccccc43)N2C1=O. The molecule has 20 heteroatoms. The highest BCUT2D eigenvalue weighted by atomic mass is 32.2. The smallest absolute Gasteiger partial charge is 0.274 e. The van der Waals surface area contributed by atoms with E-state index in [1.807, 2.05) is 44.9 Å². The van der Waals surface area contributed by atoms with E-state index in [0.717, 1.165) is 48.9 Å². The van der Waals surface area contributed by atoms with Gasteiger partial charge in [0.15, 0.2) is 15.7 Å². The lowest BCUT2D eigenvalue weighted by atomic mass is 9.87. The number of H-pyrrole nitrogens is 1. The zero-order valence-corrected chi connectivity index (χ0v) is 43.3. The molecule has 72 heavy (non-hydrogen) atoms. The van der Waals surface area contributed by atoms with Gasteiger partial charge < -0.3 is 40.7 Å². The maximum Gasteiger partial charge on any atom is 0.274 e. The predicted molar refractivity (Wildman–Crippen MR) is 275 cm³/mol. The van der Waals surface area contributed by atoms with Crippen molar-refractivity contribution in [3.8, 4) is 5.75 Å². The molecule has 9 rings (SSSR count). The summed E-state index contributed by atoms with van der Waals surface area (Å²) in [4.78, 5) is 66.9. The zero-order chi connectivity index (χ0) is 50.9. The Hall–Kier alpha value is -6.25. The number of nitrogens with zero attached hydrogens (tertiary/aromatic N) is 8. The highest BCUT2D eigenvalue weighted by molar-refractivity contribution is 7.92. The molecule has 1 aliphatic carbocycles. The molecule has 4 aliphatic rings. The first-order valence-corrected chi connectivity index (χ1v) is 26.9. The number of aromatic amines is 1. The van der Waals surface area contributed by atoms with Crippen LogP contribution in [0.15, 0.2) is 60.0 Å². The summed E-state index contributed by atoms with van der Waals surface area (Å²) in [6.45, 7) is 13.5. The molecule has 3 fully saturated rings. The van der Waals surface area contributed by atoms with Crippen LogP contribution in [0.4, 0.5) is 17.5 Å². The molecule has 0 bridgehead atoms. The molecule has 5 atom stereocenters. The number of aryl methyl sites for hydroxylation is 2. The third kappa shape index (κ3) is 10.5. The summed E-state index contributed by atoms with van der Waals surface area (Å²) in [7, 11) is -1.99. The number of nitrogens with one attached hydrogen (secondary N) is 5. The summed E-state index contributed by atoms with van der Waals surface area (Å²) in [5.41, 5.74) is 4.98. The van der Waals surface area contributed by atoms with E-state index >= 15 is 0 Å². The zero-order valence-electron chi connectivity index (χ0n) is 42.5. The van der Waals surface area contributed by atoms with E-state index in [9.17, 15) is 22.8 Å². The number of fused-ring (bicyclic) bond motifs is 3. The van der Waals surface area contributed by atoms with Gasteiger partial charge in [0.25, 0.3) is 5.91 Å². The lowest BCUT2D eigenvalue weighted by Gasteiger charge is -2.39. The van der Waals surface area contributed by atoms with E-state index in [-0.39, 0.29) is 64.6 Å². The molecule has 2 aromatic carbocycles. The van der Waals surface area contributed by atoms with Gasteiger partial charge >= 0.3 is 0 Å². The van der Waals surface area contributed by atoms with E-state index < -0.39 is 26.7 Å². The number of carbonyl (C=O) groups excluding carboxylic acids is 3. The van der Waals surface area contributed by atoms with E-state index in [1.54, 1.807) is 44.0 Å². The van der Waals surface area contributed by atoms with Gasteiger partial charge in [-0.05, 0) is 123 Å². The van der Waals surface area contributed by atoms with Crippen LogP contribution in [-0.2, 0) is 25.8 Å². The van der Waals surface area contributed by atoms with Gasteiger partial charge in [-0.15, -0.1) is 0 Å². The highest BCUT2D eigenvalue weighted by Gasteiger charge is 2.46. The van der Waals surface area contributed by atoms with Crippen molar-refractivity contribution >= 4 is 55.9 Å². The Morgan fingerprint density at radius 2 is 1.72 bits per heavy atom. The van der Waals surface area contributed by atoms with Gasteiger partial charge in [-0.1, -0.05) is 24.3 Å². The number of piperidine rings is 1. The fourth-order valence-electron chi connectivity index (χ4n) is 10.4. The molecule has 6 heterocycles. The molecule has 3 aliphatic heterocycles. The van der Waals surface area contributed by atoms with Gasteiger partial charge in [0.1, 0.15) is 46.4 Å². The van der Waals surface area contributed by atoms with Crippen LogP contribution in [-0.4, -0.2) is 141 Å². The summed E-state index contributed by atoms with van der Waals surface area (Å²) in [6, 6.07) is 10.1. The van der Waals surface area contributed by atoms with Gasteiger partial charge in [0.05, 0.1) is 35.3 Å². The molecule has 3 saturated heterocycles. The molecular formula is C52H69N13O6S. The van der Waals surface area contributed by atoms with Crippen LogP contribution in [0.25, 0.3) is 10.9 Å². The van der Waals surface area contributed by atoms with Crippen LogP contribution in [0.1, 0.15) is 112 Å². The topological polar surface area (TPSA) is 233 Å². The van der Waals surface area contributed by atoms with Crippen LogP contribution in [0.5, 0.6) is 5.75 Å². The molecule has 0 unspecified atom stereocenters. The first kappa shape index (κ1) is 50.7. The number of hydrogen-bond donors (Lipinski definition) is 5. The standard InChI is InChI=1S/C52H69N13O6S/c1-31(53-7)25-54-42-28-64(22-19-36-15-16-43(65(36)51(42)68)49(66)59-39-14-10-12-35-11-8-9-13-37(35)39)50(67)41-26-56-46(27-55-41)63-20-17-34(18-21-63)29-71-44-24-40-38(23-45(44)72(69,70)52(4,5)6)48(58-30-57-40)60-47-32(2)33(3)61-62-47/h8-9,11,13,23-24,26-27,30-31,34,36,39,42-43,53-54H,10,12,14-22,25,28-29H2,1-7H3,(H,59,66)(H2,57,58,60,61,62)/t31-,36+,39+,42-,43-/m0/s1. The van der Waals surface area contributed by atoms with Gasteiger partial charge in [-0.3, -0.25) is 19.5 Å². The number of amides is 3. The van der Waals surface area contributed by atoms with E-state index in [4.69, 9.17) is 9.72 Å². The van der Waals surface area contributed by atoms with E-state index in [0.29, 0.717) is 80.4 Å². The molecule has 3 amide bonds. The Morgan fingerprint density at radius 1 is 0.931 bits per heavy atom. The minimum absolute atomic E-state index is 0.0632. The van der Waals surface area contributed by atoms with Gasteiger partial charge in [-0.25, -0.2) is 28.4 Å². The second kappa shape index (κ2) is 21.1. The van der Waals surface area contributed by atoms with Crippen LogP contribution in [0.2, 0.25) is 0 Å². The van der Waals surface area contributed by atoms with Crippen molar-refractivity contribution < 1.29 is 27.5 Å². The van der Waals surface area contributed by atoms with Crippen LogP contribution >= 0.6 is 0 Å². The molecule has 0 saturated carbocycles. The Bertz CT molecular complexity index is 2900. The monoisotopic (exact) mass is 1000 g/mol. The minimum Gasteiger partial charge on any atom is -0.492 e. The number of likely N-dealkylation sites (N-methyl/N-ethyl adjacent to an activating group) is 1. The third-order valence-electron chi connectivity index (χ3n) is 15.2. The van der Waals surface area contributed by atoms with Crippen molar-refractivity contribution in [3.05, 3.63) is 83.2 Å². The second-order valence-electron chi connectivity index (χ2n) is 20.9. The fraction of sp³-hybridized carbons (Fsp3) is 0.538. The number of ether oxygens (including phenoxy) is 1. The van der Waals surface area contributed by atoms with Crippen molar-refractivity contribution in [2.75, 3.05) is 56.6 Å². The third-order valence-corrected chi connectivity index (χ3v) is 17.7. The van der Waals surface area contributed by atoms with Crippen molar-refractivity contribution in [3.63, 3.8) is 0 Å². The Kier molecular flexibility index (Phi) is 14.8. The summed E-state index contributed by atoms with van der Waals surface area (Å²) >= 11 is 0. The molecule has 5 aromatic rings. The summed E-state index contributed by atoms with van der Waals surface area (Å²) in [6.07, 6.45) is 10.7. The molecular weight excluding hydrogens is 935 g/mol. The quantitative estimate of drug-likeness (QED) is 0.0946. The number of anilines is 3. The number of hydrogen-bond acceptors (Lipinski definition) is 15. The number of rotatable bonds is 14. The van der Waals surface area contributed by atoms with Crippen LogP contribution < -0.4 is 30.9 Å². The lowest BCUT2D eigenvalue weighted by molar-refractivity contribution is -0.143. The number of benzene rings is 2. The Balaban J connectivity index is 0.838. The average Bonchev–Trinajstić information content (AvgIpc) is 3.95. The summed E-state index contributed by atoms with van der Waals surface area (Å²) in [5, 5.41) is 21.0. The molecule has 0 radical (unpaired) electrons. The van der Waals surface area contributed by atoms with Crippen molar-refractivity contribution in [1.82, 2.24) is 55.9 Å². The Labute approximate surface area is 422 Å². The van der Waals surface area contributed by atoms with Crippen LogP contribution in [0, 0.1) is 19.8 Å². The minimum atomic E-state index is -3.86. The number of carbonyl (C=O) groups is 3. The normalized spacial score (nSPS) is 21.4. The summed E-state index contributed by atoms with van der Waals surface area (Å²) < 4.78 is 33.5. The van der Waals surface area contributed by atoms with E-state index in [1.165, 1.54) is 18.1 Å². The average molecular weight is 1000 g/mol. The molecule has 0 spiro atoms. The van der Waals surface area contributed by atoms with E-state index in [2.05, 4.69) is 63.4 Å². The number of aromatic nitrogens is 6. The lowest BCUT2D eigenvalue weighted by Crippen LogP contribution is -2.61. The molecule has 19 nitrogen and oxygen atoms in total.